The lowest BCUT2D eigenvalue weighted by atomic mass is 9.96. The van der Waals surface area contributed by atoms with Crippen molar-refractivity contribution >= 4 is 11.8 Å². The molecular formula is C13H23N3O2. The molecule has 5 nitrogen and oxygen atoms in total. The summed E-state index contributed by atoms with van der Waals surface area (Å²) in [5.41, 5.74) is 0. The Morgan fingerprint density at radius 3 is 2.50 bits per heavy atom. The molecule has 1 unspecified atom stereocenters. The summed E-state index contributed by atoms with van der Waals surface area (Å²) in [5, 5.41) is 6.22. The zero-order valence-corrected chi connectivity index (χ0v) is 11.1. The third kappa shape index (κ3) is 3.45. The van der Waals surface area contributed by atoms with Crippen LogP contribution >= 0.6 is 0 Å². The topological polar surface area (TPSA) is 61.4 Å². The van der Waals surface area contributed by atoms with E-state index in [0.717, 1.165) is 51.9 Å². The molecule has 0 radical (unpaired) electrons. The molecule has 18 heavy (non-hydrogen) atoms. The van der Waals surface area contributed by atoms with Gasteiger partial charge in [-0.3, -0.25) is 9.59 Å². The monoisotopic (exact) mass is 253 g/mol. The summed E-state index contributed by atoms with van der Waals surface area (Å²) in [6, 6.07) is 0.246. The molecule has 1 atom stereocenters. The fourth-order valence-electron chi connectivity index (χ4n) is 2.85. The molecule has 2 saturated heterocycles. The third-order valence-corrected chi connectivity index (χ3v) is 3.86. The van der Waals surface area contributed by atoms with Crippen molar-refractivity contribution in [3.8, 4) is 0 Å². The summed E-state index contributed by atoms with van der Waals surface area (Å²) in [4.78, 5) is 25.2. The Kier molecular flexibility index (Phi) is 4.58. The van der Waals surface area contributed by atoms with Crippen LogP contribution in [0.3, 0.4) is 0 Å². The minimum Gasteiger partial charge on any atom is -0.353 e. The van der Waals surface area contributed by atoms with Gasteiger partial charge < -0.3 is 15.5 Å². The van der Waals surface area contributed by atoms with Gasteiger partial charge in [-0.25, -0.2) is 0 Å². The minimum absolute atomic E-state index is 0.0243. The molecule has 2 N–H and O–H groups in total. The molecule has 0 aliphatic carbocycles. The van der Waals surface area contributed by atoms with Gasteiger partial charge in [0.05, 0.1) is 5.92 Å². The Hall–Kier alpha value is -1.10. The van der Waals surface area contributed by atoms with Gasteiger partial charge >= 0.3 is 0 Å². The number of carbonyl (C=O) groups excluding carboxylic acids is 2. The zero-order chi connectivity index (χ0) is 13.0. The Morgan fingerprint density at radius 2 is 1.94 bits per heavy atom. The van der Waals surface area contributed by atoms with E-state index < -0.39 is 0 Å². The second-order valence-corrected chi connectivity index (χ2v) is 5.34. The van der Waals surface area contributed by atoms with Crippen molar-refractivity contribution in [1.29, 1.82) is 0 Å². The SMILES string of the molecule is CC(=O)NC1CCN(C(=O)C2CCCNC2)CC1. The zero-order valence-electron chi connectivity index (χ0n) is 11.1. The standard InChI is InChI=1S/C13H23N3O2/c1-10(17)15-12-4-7-16(8-5-12)13(18)11-3-2-6-14-9-11/h11-12,14H,2-9H2,1H3,(H,15,17). The molecule has 0 aromatic heterocycles. The fraction of sp³-hybridized carbons (Fsp3) is 0.846. The van der Waals surface area contributed by atoms with E-state index in [0.29, 0.717) is 5.91 Å². The molecule has 5 heteroatoms. The maximum absolute atomic E-state index is 12.3. The lowest BCUT2D eigenvalue weighted by Gasteiger charge is -2.35. The highest BCUT2D eigenvalue weighted by atomic mass is 16.2. The summed E-state index contributed by atoms with van der Waals surface area (Å²) in [7, 11) is 0. The Labute approximate surface area is 108 Å². The predicted octanol–water partition coefficient (Wildman–Crippen LogP) is 0.113. The van der Waals surface area contributed by atoms with Crippen LogP contribution in [0.1, 0.15) is 32.6 Å². The van der Waals surface area contributed by atoms with Crippen LogP contribution in [-0.2, 0) is 9.59 Å². The van der Waals surface area contributed by atoms with E-state index in [1.807, 2.05) is 4.90 Å². The average Bonchev–Trinajstić information content (AvgIpc) is 2.39. The van der Waals surface area contributed by atoms with E-state index in [1.165, 1.54) is 0 Å². The van der Waals surface area contributed by atoms with Crippen molar-refractivity contribution in [3.05, 3.63) is 0 Å². The molecule has 2 aliphatic rings. The van der Waals surface area contributed by atoms with Crippen molar-refractivity contribution in [2.45, 2.75) is 38.6 Å². The van der Waals surface area contributed by atoms with Gasteiger partial charge in [-0.1, -0.05) is 0 Å². The number of piperidine rings is 2. The summed E-state index contributed by atoms with van der Waals surface area (Å²) >= 11 is 0. The first-order valence-corrected chi connectivity index (χ1v) is 6.93. The summed E-state index contributed by atoms with van der Waals surface area (Å²) in [6.07, 6.45) is 3.87. The lowest BCUT2D eigenvalue weighted by Crippen LogP contribution is -2.49. The van der Waals surface area contributed by atoms with Crippen LogP contribution in [0.2, 0.25) is 0 Å². The quantitative estimate of drug-likeness (QED) is 0.734. The van der Waals surface area contributed by atoms with Crippen molar-refractivity contribution < 1.29 is 9.59 Å². The molecule has 2 heterocycles. The number of nitrogens with zero attached hydrogens (tertiary/aromatic N) is 1. The van der Waals surface area contributed by atoms with Crippen LogP contribution < -0.4 is 10.6 Å². The third-order valence-electron chi connectivity index (χ3n) is 3.86. The van der Waals surface area contributed by atoms with Crippen LogP contribution in [0.25, 0.3) is 0 Å². The van der Waals surface area contributed by atoms with E-state index in [-0.39, 0.29) is 17.9 Å². The summed E-state index contributed by atoms with van der Waals surface area (Å²) in [5.74, 6) is 0.482. The summed E-state index contributed by atoms with van der Waals surface area (Å²) < 4.78 is 0. The molecule has 2 amide bonds. The largest absolute Gasteiger partial charge is 0.353 e. The summed E-state index contributed by atoms with van der Waals surface area (Å²) in [6.45, 7) is 4.96. The van der Waals surface area contributed by atoms with Crippen molar-refractivity contribution in [3.63, 3.8) is 0 Å². The molecule has 2 aliphatic heterocycles. The first-order chi connectivity index (χ1) is 8.66. The Balaban J connectivity index is 1.78. The van der Waals surface area contributed by atoms with Crippen LogP contribution in [0, 0.1) is 5.92 Å². The van der Waals surface area contributed by atoms with Crippen LogP contribution in [0.5, 0.6) is 0 Å². The van der Waals surface area contributed by atoms with Crippen LogP contribution in [-0.4, -0.2) is 48.9 Å². The molecule has 102 valence electrons. The molecular weight excluding hydrogens is 230 g/mol. The van der Waals surface area contributed by atoms with Gasteiger partial charge in [0, 0.05) is 32.6 Å². The smallest absolute Gasteiger partial charge is 0.226 e. The van der Waals surface area contributed by atoms with Crippen LogP contribution in [0.4, 0.5) is 0 Å². The molecule has 2 rings (SSSR count). The number of hydrogen-bond acceptors (Lipinski definition) is 3. The normalized spacial score (nSPS) is 25.8. The molecule has 0 saturated carbocycles. The van der Waals surface area contributed by atoms with Crippen molar-refractivity contribution in [1.82, 2.24) is 15.5 Å². The van der Waals surface area contributed by atoms with Gasteiger partial charge in [-0.15, -0.1) is 0 Å². The number of nitrogens with one attached hydrogen (secondary N) is 2. The highest BCUT2D eigenvalue weighted by molar-refractivity contribution is 5.79. The number of rotatable bonds is 2. The molecule has 0 bridgehead atoms. The minimum atomic E-state index is 0.0243. The Morgan fingerprint density at radius 1 is 1.22 bits per heavy atom. The number of likely N-dealkylation sites (tertiary alicyclic amines) is 1. The first kappa shape index (κ1) is 13.3. The molecule has 2 fully saturated rings. The highest BCUT2D eigenvalue weighted by Crippen LogP contribution is 2.17. The Bertz CT molecular complexity index is 305. The number of carbonyl (C=O) groups is 2. The number of amides is 2. The predicted molar refractivity (Wildman–Crippen MR) is 69.0 cm³/mol. The molecule has 0 spiro atoms. The van der Waals surface area contributed by atoms with Crippen molar-refractivity contribution in [2.75, 3.05) is 26.2 Å². The van der Waals surface area contributed by atoms with E-state index in [1.54, 1.807) is 6.92 Å². The second kappa shape index (κ2) is 6.18. The number of hydrogen-bond donors (Lipinski definition) is 2. The maximum Gasteiger partial charge on any atom is 0.226 e. The van der Waals surface area contributed by atoms with E-state index in [2.05, 4.69) is 10.6 Å². The van der Waals surface area contributed by atoms with Crippen molar-refractivity contribution in [2.24, 2.45) is 5.92 Å². The van der Waals surface area contributed by atoms with Gasteiger partial charge in [-0.2, -0.15) is 0 Å². The first-order valence-electron chi connectivity index (χ1n) is 6.93. The average molecular weight is 253 g/mol. The van der Waals surface area contributed by atoms with Gasteiger partial charge in [-0.05, 0) is 32.2 Å². The van der Waals surface area contributed by atoms with Gasteiger partial charge in [0.1, 0.15) is 0 Å². The van der Waals surface area contributed by atoms with Gasteiger partial charge in [0.25, 0.3) is 0 Å². The second-order valence-electron chi connectivity index (χ2n) is 5.34. The van der Waals surface area contributed by atoms with Crippen LogP contribution in [0.15, 0.2) is 0 Å². The highest BCUT2D eigenvalue weighted by Gasteiger charge is 2.29. The van der Waals surface area contributed by atoms with Gasteiger partial charge in [0.15, 0.2) is 0 Å². The van der Waals surface area contributed by atoms with Gasteiger partial charge in [0.2, 0.25) is 11.8 Å². The fourth-order valence-corrected chi connectivity index (χ4v) is 2.85. The maximum atomic E-state index is 12.3. The van der Waals surface area contributed by atoms with E-state index >= 15 is 0 Å². The van der Waals surface area contributed by atoms with E-state index in [4.69, 9.17) is 0 Å². The van der Waals surface area contributed by atoms with E-state index in [9.17, 15) is 9.59 Å². The molecule has 0 aromatic carbocycles. The lowest BCUT2D eigenvalue weighted by molar-refractivity contribution is -0.137. The molecule has 0 aromatic rings.